The molecule has 0 atom stereocenters. The molecule has 128 valence electrons. The quantitative estimate of drug-likeness (QED) is 0.316. The number of nitrogens with zero attached hydrogens (tertiary/aromatic N) is 2. The fourth-order valence-electron chi connectivity index (χ4n) is 1.95. The lowest BCUT2D eigenvalue weighted by Gasteiger charge is -2.12. The van der Waals surface area contributed by atoms with Crippen molar-refractivity contribution in [3.63, 3.8) is 0 Å². The summed E-state index contributed by atoms with van der Waals surface area (Å²) in [6.07, 6.45) is 0. The molecule has 0 fully saturated rings. The fourth-order valence-corrected chi connectivity index (χ4v) is 1.95. The molecule has 2 aromatic carbocycles. The summed E-state index contributed by atoms with van der Waals surface area (Å²) in [5.41, 5.74) is 13.5. The number of ether oxygens (including phenoxy) is 1. The molecule has 0 unspecified atom stereocenters. The van der Waals surface area contributed by atoms with Crippen LogP contribution in [0.2, 0.25) is 0 Å². The van der Waals surface area contributed by atoms with E-state index in [1.54, 1.807) is 18.2 Å². The van der Waals surface area contributed by atoms with Crippen LogP contribution in [0.15, 0.2) is 53.6 Å². The zero-order chi connectivity index (χ0) is 16.7. The van der Waals surface area contributed by atoms with Crippen LogP contribution in [0.1, 0.15) is 11.1 Å². The summed E-state index contributed by atoms with van der Waals surface area (Å²) in [4.78, 5) is 10.3. The normalized spacial score (nSPS) is 10.6. The maximum Gasteiger partial charge on any atom is 0.270 e. The maximum atomic E-state index is 10.3. The average Bonchev–Trinajstić information content (AvgIpc) is 2.53. The van der Waals surface area contributed by atoms with E-state index in [9.17, 15) is 10.1 Å². The minimum absolute atomic E-state index is 0. The molecule has 2 aromatic rings. The topological polar surface area (TPSA) is 129 Å². The second kappa shape index (κ2) is 9.33. The van der Waals surface area contributed by atoms with Gasteiger partial charge in [-0.3, -0.25) is 0 Å². The number of hydrogen-bond donors (Lipinski definition) is 3. The van der Waals surface area contributed by atoms with Crippen molar-refractivity contribution in [1.29, 1.82) is 0 Å². The monoisotopic (exact) mass is 351 g/mol. The van der Waals surface area contributed by atoms with Crippen LogP contribution in [0.4, 0.5) is 5.69 Å². The molecule has 0 aromatic heterocycles. The van der Waals surface area contributed by atoms with Crippen molar-refractivity contribution < 1.29 is 9.77 Å². The van der Waals surface area contributed by atoms with E-state index in [-0.39, 0.29) is 24.9 Å². The molecule has 24 heavy (non-hydrogen) atoms. The van der Waals surface area contributed by atoms with Crippen molar-refractivity contribution in [1.82, 2.24) is 0 Å². The van der Waals surface area contributed by atoms with Gasteiger partial charge in [-0.05, 0) is 23.8 Å². The summed E-state index contributed by atoms with van der Waals surface area (Å²) >= 11 is 0. The molecule has 8 nitrogen and oxygen atoms in total. The molecule has 2 rings (SSSR count). The maximum absolute atomic E-state index is 10.3. The van der Waals surface area contributed by atoms with E-state index < -0.39 is 5.03 Å². The number of hydrogen-bond acceptors (Lipinski definition) is 4. The van der Waals surface area contributed by atoms with Crippen molar-refractivity contribution in [2.24, 2.45) is 16.6 Å². The van der Waals surface area contributed by atoms with Crippen LogP contribution in [0.25, 0.3) is 0 Å². The highest BCUT2D eigenvalue weighted by atomic mass is 35.5. The first-order chi connectivity index (χ1) is 11.1. The molecule has 5 N–H and O–H groups in total. The largest absolute Gasteiger partial charge is 0.489 e. The lowest BCUT2D eigenvalue weighted by molar-refractivity contribution is -0.485. The van der Waals surface area contributed by atoms with Crippen molar-refractivity contribution in [2.45, 2.75) is 13.2 Å². The van der Waals surface area contributed by atoms with Gasteiger partial charge in [0.25, 0.3) is 5.96 Å². The molecule has 9 heteroatoms. The van der Waals surface area contributed by atoms with Gasteiger partial charge in [-0.15, -0.1) is 12.4 Å². The van der Waals surface area contributed by atoms with E-state index in [2.05, 4.69) is 10.4 Å². The molecular formula is C15H18ClN5O3. The third-order valence-electron chi connectivity index (χ3n) is 2.98. The standard InChI is InChI=1S/C15H17N5O3.ClH/c16-9-12-8-13(18-15(17)19-20(21)22)6-7-14(12)23-10-11-4-2-1-3-5-11;/h1-8H,9-10,16H2,(H3,17,18,19);1H. The second-order valence-electron chi connectivity index (χ2n) is 4.65. The van der Waals surface area contributed by atoms with Gasteiger partial charge < -0.3 is 21.5 Å². The number of benzene rings is 2. The van der Waals surface area contributed by atoms with Gasteiger partial charge in [-0.1, -0.05) is 30.3 Å². The van der Waals surface area contributed by atoms with Crippen LogP contribution in [0, 0.1) is 10.1 Å². The summed E-state index contributed by atoms with van der Waals surface area (Å²) < 4.78 is 5.76. The third-order valence-corrected chi connectivity index (χ3v) is 2.98. The number of nitro groups is 1. The Labute approximate surface area is 145 Å². The van der Waals surface area contributed by atoms with Crippen LogP contribution in [0.3, 0.4) is 0 Å². The predicted molar refractivity (Wildman–Crippen MR) is 94.6 cm³/mol. The van der Waals surface area contributed by atoms with Crippen molar-refractivity contribution in [3.8, 4) is 5.75 Å². The first kappa shape index (κ1) is 19.2. The van der Waals surface area contributed by atoms with Gasteiger partial charge in [0.2, 0.25) is 0 Å². The molecule has 0 aliphatic rings. The highest BCUT2D eigenvalue weighted by Gasteiger charge is 2.07. The van der Waals surface area contributed by atoms with Crippen LogP contribution in [0.5, 0.6) is 5.75 Å². The van der Waals surface area contributed by atoms with E-state index >= 15 is 0 Å². The Bertz CT molecular complexity index is 710. The number of hydrazone groups is 1. The molecule has 0 radical (unpaired) electrons. The van der Waals surface area contributed by atoms with Gasteiger partial charge in [0.05, 0.1) is 0 Å². The zero-order valence-electron chi connectivity index (χ0n) is 12.7. The van der Waals surface area contributed by atoms with Crippen LogP contribution in [-0.2, 0) is 13.2 Å². The summed E-state index contributed by atoms with van der Waals surface area (Å²) in [5, 5.41) is 15.0. The van der Waals surface area contributed by atoms with Gasteiger partial charge in [-0.2, -0.15) is 0 Å². The SMILES string of the molecule is Cl.NCc1cc(NC(N)=N[N+](=O)[O-])ccc1OCc1ccccc1. The molecule has 0 heterocycles. The fraction of sp³-hybridized carbons (Fsp3) is 0.133. The van der Waals surface area contributed by atoms with E-state index in [1.807, 2.05) is 30.3 Å². The number of rotatable bonds is 6. The average molecular weight is 352 g/mol. The van der Waals surface area contributed by atoms with Crippen molar-refractivity contribution >= 4 is 24.1 Å². The molecule has 0 saturated carbocycles. The smallest absolute Gasteiger partial charge is 0.270 e. The Hall–Kier alpha value is -2.84. The highest BCUT2D eigenvalue weighted by Crippen LogP contribution is 2.23. The second-order valence-corrected chi connectivity index (χ2v) is 4.65. The summed E-state index contributed by atoms with van der Waals surface area (Å²) in [7, 11) is 0. The van der Waals surface area contributed by atoms with Crippen molar-refractivity contribution in [2.75, 3.05) is 5.32 Å². The number of anilines is 1. The Morgan fingerprint density at radius 2 is 1.96 bits per heavy atom. The van der Waals surface area contributed by atoms with Crippen LogP contribution >= 0.6 is 12.4 Å². The molecule has 0 aliphatic heterocycles. The van der Waals surface area contributed by atoms with Crippen LogP contribution < -0.4 is 21.5 Å². The van der Waals surface area contributed by atoms with Gasteiger partial charge in [0.1, 0.15) is 17.5 Å². The highest BCUT2D eigenvalue weighted by molar-refractivity contribution is 5.91. The summed E-state index contributed by atoms with van der Waals surface area (Å²) in [6, 6.07) is 14.9. The van der Waals surface area contributed by atoms with E-state index in [0.717, 1.165) is 11.1 Å². The van der Waals surface area contributed by atoms with Gasteiger partial charge >= 0.3 is 0 Å². The van der Waals surface area contributed by atoms with Crippen LogP contribution in [-0.4, -0.2) is 11.0 Å². The van der Waals surface area contributed by atoms with Gasteiger partial charge in [0, 0.05) is 17.8 Å². The van der Waals surface area contributed by atoms with Gasteiger partial charge in [0.15, 0.2) is 5.03 Å². The minimum atomic E-state index is -0.872. The first-order valence-electron chi connectivity index (χ1n) is 6.83. The lowest BCUT2D eigenvalue weighted by atomic mass is 10.1. The molecule has 0 spiro atoms. The van der Waals surface area contributed by atoms with Crippen molar-refractivity contribution in [3.05, 3.63) is 69.8 Å². The van der Waals surface area contributed by atoms with Gasteiger partial charge in [-0.25, -0.2) is 10.1 Å². The number of guanidine groups is 1. The Morgan fingerprint density at radius 1 is 1.25 bits per heavy atom. The molecule has 0 aliphatic carbocycles. The van der Waals surface area contributed by atoms with E-state index in [4.69, 9.17) is 16.2 Å². The molecule has 0 bridgehead atoms. The number of halogens is 1. The first-order valence-corrected chi connectivity index (χ1v) is 6.83. The third kappa shape index (κ3) is 5.75. The predicted octanol–water partition coefficient (Wildman–Crippen LogP) is 2.06. The lowest BCUT2D eigenvalue weighted by Crippen LogP contribution is -2.23. The molecule has 0 amide bonds. The summed E-state index contributed by atoms with van der Waals surface area (Å²) in [6.45, 7) is 0.678. The number of nitrogens with one attached hydrogen (secondary N) is 1. The summed E-state index contributed by atoms with van der Waals surface area (Å²) in [5.74, 6) is 0.336. The minimum Gasteiger partial charge on any atom is -0.489 e. The number of nitrogens with two attached hydrogens (primary N) is 2. The van der Waals surface area contributed by atoms with E-state index in [0.29, 0.717) is 18.0 Å². The molecule has 0 saturated heterocycles. The Balaban J connectivity index is 0.00000288. The zero-order valence-corrected chi connectivity index (χ0v) is 13.5. The Morgan fingerprint density at radius 3 is 2.58 bits per heavy atom. The Kier molecular flexibility index (Phi) is 7.47. The molecular weight excluding hydrogens is 334 g/mol. The van der Waals surface area contributed by atoms with E-state index in [1.165, 1.54) is 0 Å².